The number of nitrogens with zero attached hydrogens (tertiary/aromatic N) is 2. The SMILES string of the molecule is CCN1CCCC1CN=C(N)NCC#Cc1ccc(C(F)(F)F)cc1. The highest BCUT2D eigenvalue weighted by Gasteiger charge is 2.29. The van der Waals surface area contributed by atoms with Crippen LogP contribution in [0.4, 0.5) is 13.2 Å². The summed E-state index contributed by atoms with van der Waals surface area (Å²) >= 11 is 0. The molecular weight excluding hydrogens is 329 g/mol. The maximum atomic E-state index is 12.5. The summed E-state index contributed by atoms with van der Waals surface area (Å²) in [6, 6.07) is 5.20. The summed E-state index contributed by atoms with van der Waals surface area (Å²) in [7, 11) is 0. The van der Waals surface area contributed by atoms with Gasteiger partial charge in [-0.2, -0.15) is 13.2 Å². The van der Waals surface area contributed by atoms with Crippen molar-refractivity contribution >= 4 is 5.96 Å². The molecule has 136 valence electrons. The van der Waals surface area contributed by atoms with Crippen molar-refractivity contribution in [2.24, 2.45) is 10.7 Å². The summed E-state index contributed by atoms with van der Waals surface area (Å²) in [4.78, 5) is 6.73. The van der Waals surface area contributed by atoms with E-state index in [1.54, 1.807) is 0 Å². The summed E-state index contributed by atoms with van der Waals surface area (Å²) in [6.45, 7) is 5.23. The molecular formula is C18H23F3N4. The quantitative estimate of drug-likeness (QED) is 0.497. The average Bonchev–Trinajstić information content (AvgIpc) is 3.04. The zero-order chi connectivity index (χ0) is 18.3. The van der Waals surface area contributed by atoms with Gasteiger partial charge in [0.25, 0.3) is 0 Å². The van der Waals surface area contributed by atoms with Crippen molar-refractivity contribution in [3.05, 3.63) is 35.4 Å². The summed E-state index contributed by atoms with van der Waals surface area (Å²) in [5.74, 6) is 5.96. The molecule has 0 amide bonds. The van der Waals surface area contributed by atoms with Crippen molar-refractivity contribution in [3.63, 3.8) is 0 Å². The van der Waals surface area contributed by atoms with Crippen molar-refractivity contribution < 1.29 is 13.2 Å². The lowest BCUT2D eigenvalue weighted by atomic mass is 10.1. The minimum atomic E-state index is -4.33. The number of aliphatic imine (C=N–C) groups is 1. The molecule has 1 aromatic rings. The fourth-order valence-electron chi connectivity index (χ4n) is 2.80. The first kappa shape index (κ1) is 19.1. The smallest absolute Gasteiger partial charge is 0.370 e. The van der Waals surface area contributed by atoms with Crippen LogP contribution >= 0.6 is 0 Å². The molecule has 2 rings (SSSR count). The number of nitrogens with two attached hydrogens (primary N) is 1. The summed E-state index contributed by atoms with van der Waals surface area (Å²) < 4.78 is 37.4. The first-order valence-corrected chi connectivity index (χ1v) is 8.34. The summed E-state index contributed by atoms with van der Waals surface area (Å²) in [5.41, 5.74) is 5.66. The number of rotatable bonds is 4. The van der Waals surface area contributed by atoms with Gasteiger partial charge >= 0.3 is 6.18 Å². The van der Waals surface area contributed by atoms with Crippen molar-refractivity contribution in [3.8, 4) is 11.8 Å². The highest BCUT2D eigenvalue weighted by Crippen LogP contribution is 2.28. The lowest BCUT2D eigenvalue weighted by molar-refractivity contribution is -0.137. The highest BCUT2D eigenvalue weighted by molar-refractivity contribution is 5.78. The molecule has 1 fully saturated rings. The van der Waals surface area contributed by atoms with Crippen LogP contribution in [0.2, 0.25) is 0 Å². The first-order valence-electron chi connectivity index (χ1n) is 8.34. The molecule has 0 saturated carbocycles. The molecule has 1 aromatic carbocycles. The number of nitrogens with one attached hydrogen (secondary N) is 1. The second kappa shape index (κ2) is 8.77. The predicted molar refractivity (Wildman–Crippen MR) is 93.1 cm³/mol. The standard InChI is InChI=1S/C18H23F3N4/c1-2-25-12-4-6-16(25)13-24-17(22)23-11-3-5-14-7-9-15(10-8-14)18(19,20)21/h7-10,16H,2,4,6,11-13H2,1H3,(H3,22,23,24). The van der Waals surface area contributed by atoms with Gasteiger partial charge in [0.15, 0.2) is 5.96 Å². The topological polar surface area (TPSA) is 53.6 Å². The molecule has 0 bridgehead atoms. The molecule has 0 spiro atoms. The van der Waals surface area contributed by atoms with Crippen LogP contribution < -0.4 is 11.1 Å². The van der Waals surface area contributed by atoms with E-state index in [-0.39, 0.29) is 0 Å². The zero-order valence-electron chi connectivity index (χ0n) is 14.2. The van der Waals surface area contributed by atoms with Gasteiger partial charge in [0, 0.05) is 11.6 Å². The Labute approximate surface area is 146 Å². The minimum absolute atomic E-state index is 0.290. The van der Waals surface area contributed by atoms with Gasteiger partial charge in [-0.1, -0.05) is 18.8 Å². The van der Waals surface area contributed by atoms with Gasteiger partial charge < -0.3 is 11.1 Å². The Morgan fingerprint density at radius 2 is 2.08 bits per heavy atom. The maximum Gasteiger partial charge on any atom is 0.416 e. The fourth-order valence-corrected chi connectivity index (χ4v) is 2.80. The van der Waals surface area contributed by atoms with E-state index in [0.29, 0.717) is 30.7 Å². The van der Waals surface area contributed by atoms with E-state index in [4.69, 9.17) is 5.73 Å². The lowest BCUT2D eigenvalue weighted by Crippen LogP contribution is -2.35. The van der Waals surface area contributed by atoms with Crippen LogP contribution in [-0.2, 0) is 6.18 Å². The Kier molecular flexibility index (Phi) is 6.71. The van der Waals surface area contributed by atoms with Crippen LogP contribution in [0.25, 0.3) is 0 Å². The van der Waals surface area contributed by atoms with Gasteiger partial charge in [0.1, 0.15) is 0 Å². The van der Waals surface area contributed by atoms with E-state index in [1.807, 2.05) is 0 Å². The van der Waals surface area contributed by atoms with E-state index < -0.39 is 11.7 Å². The monoisotopic (exact) mass is 352 g/mol. The van der Waals surface area contributed by atoms with Crippen molar-refractivity contribution in [1.82, 2.24) is 10.2 Å². The van der Waals surface area contributed by atoms with E-state index in [1.165, 1.54) is 18.6 Å². The minimum Gasteiger partial charge on any atom is -0.370 e. The molecule has 1 saturated heterocycles. The Morgan fingerprint density at radius 3 is 2.72 bits per heavy atom. The summed E-state index contributed by atoms with van der Waals surface area (Å²) in [6.07, 6.45) is -2.00. The molecule has 25 heavy (non-hydrogen) atoms. The van der Waals surface area contributed by atoms with Crippen LogP contribution in [0.15, 0.2) is 29.3 Å². The Balaban J connectivity index is 1.78. The lowest BCUT2D eigenvalue weighted by Gasteiger charge is -2.20. The van der Waals surface area contributed by atoms with Gasteiger partial charge in [-0.15, -0.1) is 0 Å². The Hall–Kier alpha value is -2.20. The second-order valence-electron chi connectivity index (χ2n) is 5.88. The molecule has 4 nitrogen and oxygen atoms in total. The number of hydrogen-bond acceptors (Lipinski definition) is 2. The molecule has 3 N–H and O–H groups in total. The predicted octanol–water partition coefficient (Wildman–Crippen LogP) is 2.45. The van der Waals surface area contributed by atoms with Crippen LogP contribution in [0.5, 0.6) is 0 Å². The number of likely N-dealkylation sites (tertiary alicyclic amines) is 1. The zero-order valence-corrected chi connectivity index (χ0v) is 14.2. The molecule has 1 aliphatic heterocycles. The number of likely N-dealkylation sites (N-methyl/N-ethyl adjacent to an activating group) is 1. The first-order chi connectivity index (χ1) is 11.9. The molecule has 0 radical (unpaired) electrons. The largest absolute Gasteiger partial charge is 0.416 e. The highest BCUT2D eigenvalue weighted by atomic mass is 19.4. The van der Waals surface area contributed by atoms with Crippen molar-refractivity contribution in [2.45, 2.75) is 32.0 Å². The van der Waals surface area contributed by atoms with Crippen LogP contribution in [0.3, 0.4) is 0 Å². The van der Waals surface area contributed by atoms with Gasteiger partial charge in [-0.3, -0.25) is 9.89 Å². The number of hydrogen-bond donors (Lipinski definition) is 2. The number of alkyl halides is 3. The van der Waals surface area contributed by atoms with E-state index in [9.17, 15) is 13.2 Å². The number of benzene rings is 1. The van der Waals surface area contributed by atoms with Crippen LogP contribution in [0.1, 0.15) is 30.9 Å². The van der Waals surface area contributed by atoms with Crippen molar-refractivity contribution in [2.75, 3.05) is 26.2 Å². The molecule has 1 heterocycles. The maximum absolute atomic E-state index is 12.5. The molecule has 1 atom stereocenters. The normalized spacial score (nSPS) is 18.7. The number of halogens is 3. The van der Waals surface area contributed by atoms with E-state index >= 15 is 0 Å². The molecule has 0 aliphatic carbocycles. The van der Waals surface area contributed by atoms with E-state index in [0.717, 1.165) is 31.6 Å². The fraction of sp³-hybridized carbons (Fsp3) is 0.500. The average molecular weight is 352 g/mol. The third-order valence-electron chi connectivity index (χ3n) is 4.18. The molecule has 1 unspecified atom stereocenters. The second-order valence-corrected chi connectivity index (χ2v) is 5.88. The van der Waals surface area contributed by atoms with Gasteiger partial charge in [-0.25, -0.2) is 0 Å². The third kappa shape index (κ3) is 5.98. The van der Waals surface area contributed by atoms with E-state index in [2.05, 4.69) is 34.0 Å². The Bertz CT molecular complexity index is 641. The third-order valence-corrected chi connectivity index (χ3v) is 4.18. The molecule has 1 aliphatic rings. The Morgan fingerprint density at radius 1 is 1.36 bits per heavy atom. The van der Waals surface area contributed by atoms with Gasteiger partial charge in [-0.05, 0) is 50.2 Å². The molecule has 7 heteroatoms. The van der Waals surface area contributed by atoms with Gasteiger partial charge in [0.05, 0.1) is 18.7 Å². The summed E-state index contributed by atoms with van der Waals surface area (Å²) in [5, 5.41) is 2.90. The molecule has 0 aromatic heterocycles. The van der Waals surface area contributed by atoms with Gasteiger partial charge in [0.2, 0.25) is 0 Å². The number of guanidine groups is 1. The van der Waals surface area contributed by atoms with Crippen LogP contribution in [-0.4, -0.2) is 43.1 Å². The van der Waals surface area contributed by atoms with Crippen LogP contribution in [0, 0.1) is 11.8 Å². The van der Waals surface area contributed by atoms with Crippen molar-refractivity contribution in [1.29, 1.82) is 0 Å².